The van der Waals surface area contributed by atoms with Gasteiger partial charge in [0.15, 0.2) is 0 Å². The number of fused-ring (bicyclic) bond motifs is 2. The van der Waals surface area contributed by atoms with E-state index >= 15 is 0 Å². The lowest BCUT2D eigenvalue weighted by Crippen LogP contribution is -2.53. The number of amides is 1. The van der Waals surface area contributed by atoms with Crippen LogP contribution in [0.1, 0.15) is 41.8 Å². The molecule has 4 rings (SSSR count). The Bertz CT molecular complexity index is 774. The summed E-state index contributed by atoms with van der Waals surface area (Å²) in [6, 6.07) is 6.98. The van der Waals surface area contributed by atoms with Crippen molar-refractivity contribution in [2.24, 2.45) is 17.6 Å². The van der Waals surface area contributed by atoms with Crippen molar-refractivity contribution in [1.82, 2.24) is 10.3 Å². The molecule has 3 N–H and O–H groups in total. The highest BCUT2D eigenvalue weighted by Crippen LogP contribution is 2.40. The fourth-order valence-electron chi connectivity index (χ4n) is 4.39. The van der Waals surface area contributed by atoms with Gasteiger partial charge in [-0.15, -0.1) is 36.2 Å². The van der Waals surface area contributed by atoms with E-state index in [9.17, 15) is 9.18 Å². The molecule has 2 aromatic rings. The van der Waals surface area contributed by atoms with Gasteiger partial charge in [-0.1, -0.05) is 18.6 Å². The minimum atomic E-state index is -0.320. The lowest BCUT2D eigenvalue weighted by molar-refractivity contribution is 0.0759. The average Bonchev–Trinajstić information content (AvgIpc) is 3.06. The molecule has 1 aromatic heterocycles. The molecule has 2 unspecified atom stereocenters. The van der Waals surface area contributed by atoms with Crippen LogP contribution in [0.5, 0.6) is 0 Å². The van der Waals surface area contributed by atoms with Crippen molar-refractivity contribution in [3.63, 3.8) is 0 Å². The number of carbonyl (C=O) groups is 1. The van der Waals surface area contributed by atoms with Crippen LogP contribution in [0.3, 0.4) is 0 Å². The Morgan fingerprint density at radius 3 is 2.52 bits per heavy atom. The van der Waals surface area contributed by atoms with E-state index in [1.165, 1.54) is 23.8 Å². The number of halogens is 3. The molecule has 148 valence electrons. The van der Waals surface area contributed by atoms with Gasteiger partial charge in [0.25, 0.3) is 5.91 Å². The predicted octanol–water partition coefficient (Wildman–Crippen LogP) is 4.43. The third-order valence-corrected chi connectivity index (χ3v) is 6.54. The van der Waals surface area contributed by atoms with Gasteiger partial charge in [-0.25, -0.2) is 9.37 Å². The highest BCUT2D eigenvalue weighted by atomic mass is 35.5. The molecule has 0 spiro atoms. The molecule has 1 amide bonds. The largest absolute Gasteiger partial charge is 0.348 e. The second-order valence-corrected chi connectivity index (χ2v) is 8.22. The molecule has 2 fully saturated rings. The van der Waals surface area contributed by atoms with Gasteiger partial charge in [0.2, 0.25) is 0 Å². The molecule has 4 nitrogen and oxygen atoms in total. The minimum Gasteiger partial charge on any atom is -0.348 e. The Kier molecular flexibility index (Phi) is 7.63. The molecule has 0 saturated heterocycles. The van der Waals surface area contributed by atoms with Crippen LogP contribution in [-0.4, -0.2) is 23.0 Å². The quantitative estimate of drug-likeness (QED) is 0.754. The zero-order valence-electron chi connectivity index (χ0n) is 14.8. The van der Waals surface area contributed by atoms with Gasteiger partial charge in [-0.2, -0.15) is 0 Å². The molecule has 27 heavy (non-hydrogen) atoms. The summed E-state index contributed by atoms with van der Waals surface area (Å²) in [7, 11) is 0. The van der Waals surface area contributed by atoms with E-state index < -0.39 is 0 Å². The molecule has 1 aromatic carbocycles. The van der Waals surface area contributed by atoms with Crippen LogP contribution >= 0.6 is 36.2 Å². The third-order valence-electron chi connectivity index (χ3n) is 5.51. The maximum Gasteiger partial charge on any atom is 0.263 e. The van der Waals surface area contributed by atoms with Gasteiger partial charge in [0.1, 0.15) is 15.7 Å². The number of hydrogen-bond donors (Lipinski definition) is 2. The van der Waals surface area contributed by atoms with Crippen molar-refractivity contribution in [3.05, 3.63) is 41.2 Å². The Morgan fingerprint density at radius 2 is 1.85 bits per heavy atom. The first-order chi connectivity index (χ1) is 12.1. The number of hydrogen-bond acceptors (Lipinski definition) is 4. The molecule has 2 aliphatic rings. The van der Waals surface area contributed by atoms with Gasteiger partial charge >= 0.3 is 0 Å². The molecular weight excluding hydrogens is 408 g/mol. The zero-order chi connectivity index (χ0) is 17.4. The van der Waals surface area contributed by atoms with Crippen molar-refractivity contribution in [1.29, 1.82) is 0 Å². The predicted molar refractivity (Wildman–Crippen MR) is 111 cm³/mol. The summed E-state index contributed by atoms with van der Waals surface area (Å²) in [6.45, 7) is 0. The molecule has 0 radical (unpaired) electrons. The summed E-state index contributed by atoms with van der Waals surface area (Å²) in [5.41, 5.74) is 6.59. The minimum absolute atomic E-state index is 0. The molecule has 2 saturated carbocycles. The Morgan fingerprint density at radius 1 is 1.19 bits per heavy atom. The highest BCUT2D eigenvalue weighted by molar-refractivity contribution is 7.16. The molecule has 1 heterocycles. The third kappa shape index (κ3) is 4.62. The first-order valence-corrected chi connectivity index (χ1v) is 9.70. The van der Waals surface area contributed by atoms with Crippen molar-refractivity contribution >= 4 is 42.1 Å². The Labute approximate surface area is 175 Å². The van der Waals surface area contributed by atoms with E-state index in [1.807, 2.05) is 0 Å². The standard InChI is InChI=1S/C19H22FN3OS.2ClH/c20-15-7-2-1-6-14(15)19-22-10-16(25-19)18(24)23-17-11-4-3-5-12(17)9-13(21)8-11;;/h1-2,6-7,10-13,17H,3-5,8-9,21H2,(H,23,24);2*1H. The topological polar surface area (TPSA) is 68.0 Å². The van der Waals surface area contributed by atoms with E-state index in [1.54, 1.807) is 24.4 Å². The fourth-order valence-corrected chi connectivity index (χ4v) is 5.23. The van der Waals surface area contributed by atoms with E-state index in [0.29, 0.717) is 27.3 Å². The van der Waals surface area contributed by atoms with Crippen LogP contribution in [0, 0.1) is 17.7 Å². The molecule has 2 aliphatic carbocycles. The molecular formula is C19H24Cl2FN3OS. The number of carbonyl (C=O) groups excluding carboxylic acids is 1. The second kappa shape index (κ2) is 9.32. The van der Waals surface area contributed by atoms with E-state index in [2.05, 4.69) is 10.3 Å². The van der Waals surface area contributed by atoms with Gasteiger partial charge in [-0.3, -0.25) is 4.79 Å². The maximum atomic E-state index is 13.9. The number of thiazole rings is 1. The summed E-state index contributed by atoms with van der Waals surface area (Å²) < 4.78 is 13.9. The summed E-state index contributed by atoms with van der Waals surface area (Å²) >= 11 is 1.24. The maximum absolute atomic E-state index is 13.9. The van der Waals surface area contributed by atoms with Crippen LogP contribution in [0.2, 0.25) is 0 Å². The summed E-state index contributed by atoms with van der Waals surface area (Å²) in [5.74, 6) is 0.535. The number of rotatable bonds is 3. The van der Waals surface area contributed by atoms with Crippen LogP contribution < -0.4 is 11.1 Å². The van der Waals surface area contributed by atoms with Crippen molar-refractivity contribution in [2.75, 3.05) is 0 Å². The number of nitrogens with one attached hydrogen (secondary N) is 1. The van der Waals surface area contributed by atoms with Crippen LogP contribution in [0.15, 0.2) is 30.5 Å². The monoisotopic (exact) mass is 431 g/mol. The van der Waals surface area contributed by atoms with Crippen molar-refractivity contribution in [3.8, 4) is 10.6 Å². The smallest absolute Gasteiger partial charge is 0.263 e. The Hall–Kier alpha value is -1.21. The first kappa shape index (κ1) is 22.1. The van der Waals surface area contributed by atoms with Gasteiger partial charge in [-0.05, 0) is 49.7 Å². The van der Waals surface area contributed by atoms with Crippen molar-refractivity contribution in [2.45, 2.75) is 44.2 Å². The van der Waals surface area contributed by atoms with E-state index in [4.69, 9.17) is 5.73 Å². The summed E-state index contributed by atoms with van der Waals surface area (Å²) in [5, 5.41) is 3.76. The number of nitrogens with zero attached hydrogens (tertiary/aromatic N) is 1. The Balaban J connectivity index is 0.00000131. The summed E-state index contributed by atoms with van der Waals surface area (Å²) in [6.07, 6.45) is 7.03. The number of benzene rings is 1. The second-order valence-electron chi connectivity index (χ2n) is 7.19. The molecule has 2 atom stereocenters. The SMILES string of the molecule is Cl.Cl.NC1CC2CCCC(C1)C2NC(=O)c1cnc(-c2ccccc2F)s1. The lowest BCUT2D eigenvalue weighted by Gasteiger charge is -2.45. The van der Waals surface area contributed by atoms with Gasteiger partial charge in [0, 0.05) is 17.6 Å². The van der Waals surface area contributed by atoms with Gasteiger partial charge in [0.05, 0.1) is 6.20 Å². The fraction of sp³-hybridized carbons (Fsp3) is 0.474. The molecule has 8 heteroatoms. The summed E-state index contributed by atoms with van der Waals surface area (Å²) in [4.78, 5) is 17.5. The normalized spacial score (nSPS) is 26.4. The average molecular weight is 432 g/mol. The first-order valence-electron chi connectivity index (χ1n) is 8.89. The van der Waals surface area contributed by atoms with Crippen LogP contribution in [0.4, 0.5) is 4.39 Å². The molecule has 0 aliphatic heterocycles. The molecule has 2 bridgehead atoms. The highest BCUT2D eigenvalue weighted by Gasteiger charge is 2.40. The zero-order valence-corrected chi connectivity index (χ0v) is 17.2. The van der Waals surface area contributed by atoms with Gasteiger partial charge < -0.3 is 11.1 Å². The number of nitrogens with two attached hydrogens (primary N) is 1. The lowest BCUT2D eigenvalue weighted by atomic mass is 9.67. The van der Waals surface area contributed by atoms with E-state index in [-0.39, 0.29) is 48.6 Å². The number of aromatic nitrogens is 1. The van der Waals surface area contributed by atoms with Crippen LogP contribution in [0.25, 0.3) is 10.6 Å². The van der Waals surface area contributed by atoms with Crippen molar-refractivity contribution < 1.29 is 9.18 Å². The van der Waals surface area contributed by atoms with E-state index in [0.717, 1.165) is 25.7 Å². The van der Waals surface area contributed by atoms with Crippen LogP contribution in [-0.2, 0) is 0 Å².